The molecule has 1 amide bonds. The molecule has 0 saturated carbocycles. The Kier molecular flexibility index (Phi) is 6.53. The van der Waals surface area contributed by atoms with Crippen LogP contribution in [0.5, 0.6) is 0 Å². The molecule has 0 atom stereocenters. The van der Waals surface area contributed by atoms with Crippen molar-refractivity contribution in [1.29, 1.82) is 0 Å². The van der Waals surface area contributed by atoms with Crippen LogP contribution in [0.4, 0.5) is 0 Å². The van der Waals surface area contributed by atoms with E-state index >= 15 is 0 Å². The van der Waals surface area contributed by atoms with Crippen LogP contribution in [0.1, 0.15) is 50.0 Å². The lowest BCUT2D eigenvalue weighted by molar-refractivity contribution is 0.0745. The monoisotopic (exact) mass is 361 g/mol. The second kappa shape index (κ2) is 9.26. The summed E-state index contributed by atoms with van der Waals surface area (Å²) in [5.74, 6) is 0.0137. The van der Waals surface area contributed by atoms with Gasteiger partial charge in [0.2, 0.25) is 0 Å². The zero-order valence-corrected chi connectivity index (χ0v) is 16.2. The van der Waals surface area contributed by atoms with Gasteiger partial charge in [-0.05, 0) is 36.4 Å². The maximum Gasteiger partial charge on any atom is 0.272 e. The SMILES string of the molecule is CCCCN(CCCC)C(=O)c1cc2ccccc2c(-c2ccccn2)n1. The number of hydrogen-bond donors (Lipinski definition) is 0. The van der Waals surface area contributed by atoms with Gasteiger partial charge in [0.05, 0.1) is 11.4 Å². The standard InChI is InChI=1S/C23H27N3O/c1-3-5-15-26(16-6-4-2)23(27)21-17-18-11-7-8-12-19(18)22(25-21)20-13-9-10-14-24-20/h7-14,17H,3-6,15-16H2,1-2H3. The quantitative estimate of drug-likeness (QED) is 0.544. The Morgan fingerprint density at radius 3 is 2.33 bits per heavy atom. The second-order valence-electron chi connectivity index (χ2n) is 6.79. The number of rotatable bonds is 8. The lowest BCUT2D eigenvalue weighted by atomic mass is 10.1. The highest BCUT2D eigenvalue weighted by Gasteiger charge is 2.19. The van der Waals surface area contributed by atoms with Crippen molar-refractivity contribution in [3.05, 3.63) is 60.4 Å². The Bertz CT molecular complexity index is 885. The molecule has 0 N–H and O–H groups in total. The molecule has 1 aromatic carbocycles. The first-order chi connectivity index (χ1) is 13.2. The molecule has 2 heterocycles. The number of unbranched alkanes of at least 4 members (excludes halogenated alkanes) is 2. The first-order valence-corrected chi connectivity index (χ1v) is 9.85. The van der Waals surface area contributed by atoms with Gasteiger partial charge in [-0.2, -0.15) is 0 Å². The van der Waals surface area contributed by atoms with E-state index in [2.05, 4.69) is 18.8 Å². The molecule has 0 aliphatic heterocycles. The summed E-state index contributed by atoms with van der Waals surface area (Å²) in [5.41, 5.74) is 2.06. The number of amides is 1. The van der Waals surface area contributed by atoms with Crippen molar-refractivity contribution in [3.8, 4) is 11.4 Å². The fraction of sp³-hybridized carbons (Fsp3) is 0.348. The molecule has 4 heteroatoms. The summed E-state index contributed by atoms with van der Waals surface area (Å²) >= 11 is 0. The Hall–Kier alpha value is -2.75. The molecule has 2 aromatic heterocycles. The largest absolute Gasteiger partial charge is 0.337 e. The Labute approximate surface area is 161 Å². The number of aromatic nitrogens is 2. The molecule has 4 nitrogen and oxygen atoms in total. The molecule has 0 bridgehead atoms. The van der Waals surface area contributed by atoms with E-state index in [9.17, 15) is 4.79 Å². The van der Waals surface area contributed by atoms with Crippen molar-refractivity contribution in [2.24, 2.45) is 0 Å². The van der Waals surface area contributed by atoms with Crippen LogP contribution in [0.15, 0.2) is 54.7 Å². The normalized spacial score (nSPS) is 10.9. The van der Waals surface area contributed by atoms with E-state index in [0.29, 0.717) is 5.69 Å². The number of nitrogens with zero attached hydrogens (tertiary/aromatic N) is 3. The van der Waals surface area contributed by atoms with Crippen LogP contribution in [-0.2, 0) is 0 Å². The highest BCUT2D eigenvalue weighted by atomic mass is 16.2. The molecule has 0 fully saturated rings. The van der Waals surface area contributed by atoms with Crippen LogP contribution in [0.3, 0.4) is 0 Å². The van der Waals surface area contributed by atoms with Crippen molar-refractivity contribution in [1.82, 2.24) is 14.9 Å². The van der Waals surface area contributed by atoms with Crippen LogP contribution < -0.4 is 0 Å². The summed E-state index contributed by atoms with van der Waals surface area (Å²) in [7, 11) is 0. The highest BCUT2D eigenvalue weighted by Crippen LogP contribution is 2.26. The molecule has 3 aromatic rings. The smallest absolute Gasteiger partial charge is 0.272 e. The minimum Gasteiger partial charge on any atom is -0.337 e. The van der Waals surface area contributed by atoms with Gasteiger partial charge in [-0.15, -0.1) is 0 Å². The summed E-state index contributed by atoms with van der Waals surface area (Å²) in [6.45, 7) is 5.86. The minimum absolute atomic E-state index is 0.0137. The average Bonchev–Trinajstić information content (AvgIpc) is 2.73. The fourth-order valence-corrected chi connectivity index (χ4v) is 3.18. The molecule has 0 unspecified atom stereocenters. The molecular weight excluding hydrogens is 334 g/mol. The molecule has 0 radical (unpaired) electrons. The van der Waals surface area contributed by atoms with Crippen LogP contribution >= 0.6 is 0 Å². The lowest BCUT2D eigenvalue weighted by Crippen LogP contribution is -2.33. The van der Waals surface area contributed by atoms with Crippen LogP contribution in [0.2, 0.25) is 0 Å². The van der Waals surface area contributed by atoms with Crippen LogP contribution in [0.25, 0.3) is 22.2 Å². The number of pyridine rings is 2. The topological polar surface area (TPSA) is 46.1 Å². The number of carbonyl (C=O) groups excluding carboxylic acids is 1. The van der Waals surface area contributed by atoms with Gasteiger partial charge in [0.1, 0.15) is 5.69 Å². The summed E-state index contributed by atoms with van der Waals surface area (Å²) < 4.78 is 0. The van der Waals surface area contributed by atoms with Gasteiger partial charge in [0.25, 0.3) is 5.91 Å². The van der Waals surface area contributed by atoms with E-state index < -0.39 is 0 Å². The summed E-state index contributed by atoms with van der Waals surface area (Å²) in [6, 6.07) is 15.7. The summed E-state index contributed by atoms with van der Waals surface area (Å²) in [5, 5.41) is 2.03. The lowest BCUT2D eigenvalue weighted by Gasteiger charge is -2.22. The van der Waals surface area contributed by atoms with E-state index in [-0.39, 0.29) is 5.91 Å². The van der Waals surface area contributed by atoms with Gasteiger partial charge in [0.15, 0.2) is 0 Å². The van der Waals surface area contributed by atoms with Gasteiger partial charge in [-0.3, -0.25) is 9.78 Å². The third-order valence-corrected chi connectivity index (χ3v) is 4.72. The maximum absolute atomic E-state index is 13.2. The van der Waals surface area contributed by atoms with Gasteiger partial charge < -0.3 is 4.90 Å². The number of hydrogen-bond acceptors (Lipinski definition) is 3. The highest BCUT2D eigenvalue weighted by molar-refractivity contribution is 6.01. The molecule has 0 aliphatic carbocycles. The van der Waals surface area contributed by atoms with Crippen molar-refractivity contribution < 1.29 is 4.79 Å². The van der Waals surface area contributed by atoms with Crippen molar-refractivity contribution >= 4 is 16.7 Å². The van der Waals surface area contributed by atoms with Gasteiger partial charge in [-0.1, -0.05) is 57.0 Å². The van der Waals surface area contributed by atoms with Crippen molar-refractivity contribution in [3.63, 3.8) is 0 Å². The molecule has 27 heavy (non-hydrogen) atoms. The predicted molar refractivity (Wildman–Crippen MR) is 111 cm³/mol. The molecule has 3 rings (SSSR count). The van der Waals surface area contributed by atoms with E-state index in [4.69, 9.17) is 4.98 Å². The van der Waals surface area contributed by atoms with Gasteiger partial charge >= 0.3 is 0 Å². The summed E-state index contributed by atoms with van der Waals surface area (Å²) in [4.78, 5) is 24.4. The minimum atomic E-state index is 0.0137. The predicted octanol–water partition coefficient (Wildman–Crippen LogP) is 5.34. The van der Waals surface area contributed by atoms with E-state index in [0.717, 1.165) is 60.9 Å². The molecule has 0 aliphatic rings. The van der Waals surface area contributed by atoms with E-state index in [1.165, 1.54) is 0 Å². The molecular formula is C23H27N3O. The third kappa shape index (κ3) is 4.51. The molecule has 0 saturated heterocycles. The van der Waals surface area contributed by atoms with Crippen LogP contribution in [-0.4, -0.2) is 33.9 Å². The zero-order valence-electron chi connectivity index (χ0n) is 16.2. The van der Waals surface area contributed by atoms with E-state index in [1.807, 2.05) is 53.4 Å². The van der Waals surface area contributed by atoms with Gasteiger partial charge in [-0.25, -0.2) is 4.98 Å². The Morgan fingerprint density at radius 1 is 0.963 bits per heavy atom. The van der Waals surface area contributed by atoms with Crippen LogP contribution in [0, 0.1) is 0 Å². The summed E-state index contributed by atoms with van der Waals surface area (Å²) in [6.07, 6.45) is 5.92. The number of benzene rings is 1. The first kappa shape index (κ1) is 19.0. The van der Waals surface area contributed by atoms with Crippen molar-refractivity contribution in [2.75, 3.05) is 13.1 Å². The molecule has 0 spiro atoms. The zero-order chi connectivity index (χ0) is 19.1. The average molecular weight is 361 g/mol. The van der Waals surface area contributed by atoms with E-state index in [1.54, 1.807) is 6.20 Å². The second-order valence-corrected chi connectivity index (χ2v) is 6.79. The van der Waals surface area contributed by atoms with Crippen molar-refractivity contribution in [2.45, 2.75) is 39.5 Å². The Balaban J connectivity index is 2.04. The third-order valence-electron chi connectivity index (χ3n) is 4.72. The maximum atomic E-state index is 13.2. The molecule has 140 valence electrons. The number of fused-ring (bicyclic) bond motifs is 1. The first-order valence-electron chi connectivity index (χ1n) is 9.85. The van der Waals surface area contributed by atoms with Gasteiger partial charge in [0, 0.05) is 24.7 Å². The number of carbonyl (C=O) groups is 1. The fourth-order valence-electron chi connectivity index (χ4n) is 3.18. The Morgan fingerprint density at radius 2 is 1.67 bits per heavy atom.